The Morgan fingerprint density at radius 3 is 2.18 bits per heavy atom. The van der Waals surface area contributed by atoms with Crippen molar-refractivity contribution in [1.29, 1.82) is 0 Å². The Labute approximate surface area is 160 Å². The third kappa shape index (κ3) is 3.00. The molecular formula is C19H17F2N3O3S. The number of primary sulfonamides is 1. The summed E-state index contributed by atoms with van der Waals surface area (Å²) >= 11 is 0. The Kier molecular flexibility index (Phi) is 4.13. The van der Waals surface area contributed by atoms with Crippen LogP contribution >= 0.6 is 0 Å². The van der Waals surface area contributed by atoms with Crippen LogP contribution in [0.1, 0.15) is 37.1 Å². The molecule has 0 radical (unpaired) electrons. The number of nitrogens with two attached hydrogens (primary N) is 1. The third-order valence-electron chi connectivity index (χ3n) is 5.28. The van der Waals surface area contributed by atoms with Gasteiger partial charge in [-0.1, -0.05) is 32.0 Å². The molecule has 1 saturated carbocycles. The van der Waals surface area contributed by atoms with E-state index < -0.39 is 21.7 Å². The van der Waals surface area contributed by atoms with Crippen molar-refractivity contribution in [2.24, 2.45) is 10.6 Å². The molecule has 0 amide bonds. The molecule has 6 nitrogen and oxygen atoms in total. The summed E-state index contributed by atoms with van der Waals surface area (Å²) in [5.41, 5.74) is 0.286. The summed E-state index contributed by atoms with van der Waals surface area (Å²) in [5.74, 6) is -1.66. The lowest BCUT2D eigenvalue weighted by Crippen LogP contribution is -2.11. The van der Waals surface area contributed by atoms with E-state index in [1.54, 1.807) is 12.1 Å². The number of benzene rings is 2. The fourth-order valence-electron chi connectivity index (χ4n) is 3.75. The summed E-state index contributed by atoms with van der Waals surface area (Å²) in [6, 6.07) is 9.79. The van der Waals surface area contributed by atoms with Gasteiger partial charge in [0.1, 0.15) is 17.2 Å². The van der Waals surface area contributed by atoms with Crippen LogP contribution in [0.25, 0.3) is 11.5 Å². The number of halogens is 2. The molecule has 0 aliphatic heterocycles. The van der Waals surface area contributed by atoms with Gasteiger partial charge in [-0.2, -0.15) is 0 Å². The molecule has 4 rings (SSSR count). The first kappa shape index (κ1) is 18.7. The normalized spacial score (nSPS) is 20.9. The first-order valence-electron chi connectivity index (χ1n) is 8.51. The quantitative estimate of drug-likeness (QED) is 0.715. The summed E-state index contributed by atoms with van der Waals surface area (Å²) in [7, 11) is -3.77. The smallest absolute Gasteiger partial charge is 0.253 e. The fourth-order valence-corrected chi connectivity index (χ4v) is 4.26. The highest BCUT2D eigenvalue weighted by molar-refractivity contribution is 7.89. The second kappa shape index (κ2) is 6.18. The molecule has 2 aromatic carbocycles. The molecule has 146 valence electrons. The Balaban J connectivity index is 1.65. The summed E-state index contributed by atoms with van der Waals surface area (Å²) < 4.78 is 56.4. The van der Waals surface area contributed by atoms with Crippen LogP contribution in [0.2, 0.25) is 0 Å². The van der Waals surface area contributed by atoms with Gasteiger partial charge in [-0.15, -0.1) is 10.2 Å². The monoisotopic (exact) mass is 405 g/mol. The summed E-state index contributed by atoms with van der Waals surface area (Å²) in [5, 5.41) is 12.9. The van der Waals surface area contributed by atoms with E-state index in [-0.39, 0.29) is 39.5 Å². The van der Waals surface area contributed by atoms with Crippen molar-refractivity contribution in [1.82, 2.24) is 10.2 Å². The van der Waals surface area contributed by atoms with Crippen molar-refractivity contribution >= 4 is 10.0 Å². The van der Waals surface area contributed by atoms with E-state index in [1.807, 2.05) is 13.8 Å². The molecule has 1 heterocycles. The van der Waals surface area contributed by atoms with E-state index in [4.69, 9.17) is 9.56 Å². The molecule has 0 bridgehead atoms. The third-order valence-corrected chi connectivity index (χ3v) is 6.21. The molecule has 9 heteroatoms. The van der Waals surface area contributed by atoms with Gasteiger partial charge >= 0.3 is 0 Å². The average molecular weight is 405 g/mol. The van der Waals surface area contributed by atoms with Gasteiger partial charge in [0.2, 0.25) is 15.9 Å². The molecule has 0 unspecified atom stereocenters. The zero-order chi connectivity index (χ0) is 20.3. The van der Waals surface area contributed by atoms with Crippen LogP contribution < -0.4 is 5.14 Å². The van der Waals surface area contributed by atoms with Crippen LogP contribution in [0, 0.1) is 17.0 Å². The number of rotatable bonds is 4. The average Bonchev–Trinajstić information content (AvgIpc) is 2.95. The van der Waals surface area contributed by atoms with Crippen LogP contribution in [0.5, 0.6) is 0 Å². The van der Waals surface area contributed by atoms with Crippen LogP contribution in [0.15, 0.2) is 51.8 Å². The number of aromatic nitrogens is 2. The van der Waals surface area contributed by atoms with Gasteiger partial charge in [0.15, 0.2) is 0 Å². The molecule has 28 heavy (non-hydrogen) atoms. The van der Waals surface area contributed by atoms with Crippen LogP contribution in [-0.4, -0.2) is 18.6 Å². The number of hydrogen-bond donors (Lipinski definition) is 1. The summed E-state index contributed by atoms with van der Waals surface area (Å²) in [6.07, 6.45) is 0. The van der Waals surface area contributed by atoms with E-state index in [0.29, 0.717) is 0 Å². The molecule has 1 aliphatic rings. The van der Waals surface area contributed by atoms with Gasteiger partial charge in [-0.05, 0) is 35.2 Å². The lowest BCUT2D eigenvalue weighted by molar-refractivity contribution is 0.470. The van der Waals surface area contributed by atoms with Crippen LogP contribution in [0.3, 0.4) is 0 Å². The Bertz CT molecular complexity index is 1140. The van der Waals surface area contributed by atoms with E-state index in [9.17, 15) is 17.2 Å². The van der Waals surface area contributed by atoms with Crippen molar-refractivity contribution in [3.63, 3.8) is 0 Å². The second-order valence-electron chi connectivity index (χ2n) is 7.43. The van der Waals surface area contributed by atoms with Crippen molar-refractivity contribution in [2.75, 3.05) is 0 Å². The maximum atomic E-state index is 14.0. The molecule has 2 N–H and O–H groups in total. The Morgan fingerprint density at radius 2 is 1.61 bits per heavy atom. The lowest BCUT2D eigenvalue weighted by atomic mass is 10.0. The van der Waals surface area contributed by atoms with E-state index in [2.05, 4.69) is 10.2 Å². The van der Waals surface area contributed by atoms with Crippen molar-refractivity contribution < 1.29 is 21.6 Å². The van der Waals surface area contributed by atoms with Gasteiger partial charge in [0.25, 0.3) is 5.89 Å². The molecule has 3 aromatic rings. The minimum Gasteiger partial charge on any atom is -0.420 e. The first-order chi connectivity index (χ1) is 13.1. The van der Waals surface area contributed by atoms with E-state index in [0.717, 1.165) is 17.7 Å². The minimum atomic E-state index is -3.77. The summed E-state index contributed by atoms with van der Waals surface area (Å²) in [4.78, 5) is 0.0290. The number of hydrogen-bond acceptors (Lipinski definition) is 5. The minimum absolute atomic E-state index is 0.0132. The molecule has 2 atom stereocenters. The van der Waals surface area contributed by atoms with E-state index >= 15 is 0 Å². The molecule has 0 saturated heterocycles. The van der Waals surface area contributed by atoms with Gasteiger partial charge in [0.05, 0.1) is 10.8 Å². The molecule has 0 spiro atoms. The van der Waals surface area contributed by atoms with Crippen molar-refractivity contribution in [3.05, 3.63) is 65.6 Å². The van der Waals surface area contributed by atoms with Crippen LogP contribution in [-0.2, 0) is 10.0 Å². The molecule has 1 aromatic heterocycles. The number of sulfonamides is 1. The Hall–Kier alpha value is -2.65. The standard InChI is InChI=1S/C19H17F2N3O3S/c1-19(2)15(10-6-8-11(9-7-10)28(22,25)26)16(19)18-24-23-17(27-18)14-12(20)4-3-5-13(14)21/h3-9,15-16H,1-2H3,(H2,22,25,26)/t15-,16+/m1/s1. The van der Waals surface area contributed by atoms with Crippen molar-refractivity contribution in [3.8, 4) is 11.5 Å². The number of nitrogens with zero attached hydrogens (tertiary/aromatic N) is 2. The SMILES string of the molecule is CC1(C)[C@H](c2ccc(S(N)(=O)=O)cc2)[C@H]1c1nnc(-c2c(F)cccc2F)o1. The molecule has 1 fully saturated rings. The van der Waals surface area contributed by atoms with E-state index in [1.165, 1.54) is 18.2 Å². The van der Waals surface area contributed by atoms with Gasteiger partial charge in [-0.25, -0.2) is 22.3 Å². The zero-order valence-corrected chi connectivity index (χ0v) is 15.9. The topological polar surface area (TPSA) is 99.1 Å². The second-order valence-corrected chi connectivity index (χ2v) is 8.99. The maximum absolute atomic E-state index is 14.0. The van der Waals surface area contributed by atoms with Gasteiger partial charge in [-0.3, -0.25) is 0 Å². The molecule has 1 aliphatic carbocycles. The van der Waals surface area contributed by atoms with Crippen LogP contribution in [0.4, 0.5) is 8.78 Å². The maximum Gasteiger partial charge on any atom is 0.253 e. The highest BCUT2D eigenvalue weighted by atomic mass is 32.2. The lowest BCUT2D eigenvalue weighted by Gasteiger charge is -2.04. The first-order valence-corrected chi connectivity index (χ1v) is 10.1. The fraction of sp³-hybridized carbons (Fsp3) is 0.263. The largest absolute Gasteiger partial charge is 0.420 e. The Morgan fingerprint density at radius 1 is 1.00 bits per heavy atom. The molecular weight excluding hydrogens is 388 g/mol. The zero-order valence-electron chi connectivity index (χ0n) is 15.1. The summed E-state index contributed by atoms with van der Waals surface area (Å²) in [6.45, 7) is 4.01. The van der Waals surface area contributed by atoms with Gasteiger partial charge in [0, 0.05) is 5.92 Å². The highest BCUT2D eigenvalue weighted by Gasteiger charge is 2.61. The predicted molar refractivity (Wildman–Crippen MR) is 96.7 cm³/mol. The van der Waals surface area contributed by atoms with Gasteiger partial charge < -0.3 is 4.42 Å². The predicted octanol–water partition coefficient (Wildman–Crippen LogP) is 3.57. The van der Waals surface area contributed by atoms with Crippen molar-refractivity contribution in [2.45, 2.75) is 30.6 Å². The highest BCUT2D eigenvalue weighted by Crippen LogP contribution is 2.69.